The minimum Gasteiger partial charge on any atom is -0.489 e. The van der Waals surface area contributed by atoms with Gasteiger partial charge in [0.1, 0.15) is 18.0 Å². The Morgan fingerprint density at radius 3 is 2.43 bits per heavy atom. The number of hydrogen-bond donors (Lipinski definition) is 3. The van der Waals surface area contributed by atoms with E-state index < -0.39 is 31.4 Å². The summed E-state index contributed by atoms with van der Waals surface area (Å²) in [7, 11) is -4.68. The number of aromatic nitrogens is 2. The van der Waals surface area contributed by atoms with E-state index in [-0.39, 0.29) is 69.9 Å². The molecule has 2 atom stereocenters. The number of anilines is 2. The van der Waals surface area contributed by atoms with E-state index in [9.17, 15) is 23.3 Å². The third kappa shape index (κ3) is 9.52. The zero-order valence-electron chi connectivity index (χ0n) is 41.3. The lowest BCUT2D eigenvalue weighted by Crippen LogP contribution is -2.54. The zero-order chi connectivity index (χ0) is 49.1. The maximum Gasteiger partial charge on any atom is 0.297 e. The predicted octanol–water partition coefficient (Wildman–Crippen LogP) is 11.3. The highest BCUT2D eigenvalue weighted by Crippen LogP contribution is 2.55. The smallest absolute Gasteiger partial charge is 0.297 e. The van der Waals surface area contributed by atoms with Crippen molar-refractivity contribution >= 4 is 44.0 Å². The fourth-order valence-electron chi connectivity index (χ4n) is 12.0. The molecule has 2 saturated heterocycles. The highest BCUT2D eigenvalue weighted by atomic mass is 32.2. The topological polar surface area (TPSA) is 181 Å². The average Bonchev–Trinajstić information content (AvgIpc) is 4.00. The van der Waals surface area contributed by atoms with Crippen molar-refractivity contribution in [2.45, 2.75) is 141 Å². The Labute approximate surface area is 411 Å². The van der Waals surface area contributed by atoms with Gasteiger partial charge in [-0.2, -0.15) is 4.98 Å². The van der Waals surface area contributed by atoms with Crippen LogP contribution in [-0.2, 0) is 10.0 Å². The molecule has 5 aromatic rings. The summed E-state index contributed by atoms with van der Waals surface area (Å²) in [5, 5.41) is 16.6. The number of benzene rings is 3. The fourth-order valence-corrected chi connectivity index (χ4v) is 13.0. The highest BCUT2D eigenvalue weighted by Gasteiger charge is 2.50. The third-order valence-electron chi connectivity index (χ3n) is 16.0. The molecule has 16 heteroatoms. The van der Waals surface area contributed by atoms with E-state index in [0.29, 0.717) is 23.6 Å². The van der Waals surface area contributed by atoms with Crippen LogP contribution in [0.2, 0.25) is 0 Å². The van der Waals surface area contributed by atoms with Crippen molar-refractivity contribution in [1.29, 1.82) is 0 Å². The van der Waals surface area contributed by atoms with Crippen LogP contribution in [0.25, 0.3) is 11.0 Å². The summed E-state index contributed by atoms with van der Waals surface area (Å²) in [6.07, 6.45) is 12.4. The molecule has 0 radical (unpaired) electrons. The number of H-pyrrole nitrogens is 1. The molecule has 0 bridgehead atoms. The van der Waals surface area contributed by atoms with Crippen LogP contribution in [0.15, 0.2) is 77.8 Å². The van der Waals surface area contributed by atoms with Gasteiger partial charge in [-0.3, -0.25) is 19.8 Å². The van der Waals surface area contributed by atoms with E-state index >= 15 is 0 Å². The number of nitro benzene ring substituents is 1. The Morgan fingerprint density at radius 2 is 1.70 bits per heavy atom. The number of amides is 1. The van der Waals surface area contributed by atoms with Crippen molar-refractivity contribution in [3.05, 3.63) is 99.7 Å². The van der Waals surface area contributed by atoms with Crippen LogP contribution < -0.4 is 29.1 Å². The number of hydrogen-bond acceptors (Lipinski definition) is 12. The van der Waals surface area contributed by atoms with Crippen molar-refractivity contribution in [2.75, 3.05) is 36.5 Å². The van der Waals surface area contributed by atoms with Gasteiger partial charge < -0.3 is 29.4 Å². The lowest BCUT2D eigenvalue weighted by atomic mass is 9.59. The standard InChI is InChI=1S/C54H67N7O8S/c1-33(2)40-10-7-8-11-41(40)44-12-9-23-60(44)38-30-54(31-38)20-24-59(25-21-54)37-13-14-42(46(27-37)69-48-26-36-17-22-55-50(36)57-52(48)68-34(3)4)51(62)58-70(65,66)39-28-45(61(63)64)49-47(29-39)67-32-43(56-49)35-15-18-53(5,6)19-16-35/h7-8,10-11,13-14,17,22,26-29,33-35,38,43-44,56H,9,12,15-16,18-21,23-25,30-32H2,1-6H3,(H,55,57)(H,58,62)/t43-,44-/m1/s1. The summed E-state index contributed by atoms with van der Waals surface area (Å²) in [6, 6.07) is 20.9. The molecule has 70 heavy (non-hydrogen) atoms. The van der Waals surface area contributed by atoms with E-state index in [1.165, 1.54) is 42.9 Å². The van der Waals surface area contributed by atoms with Gasteiger partial charge in [-0.25, -0.2) is 13.1 Å². The Morgan fingerprint density at radius 1 is 0.943 bits per heavy atom. The second kappa shape index (κ2) is 18.7. The molecular formula is C54H67N7O8S. The molecule has 3 aliphatic heterocycles. The maximum absolute atomic E-state index is 14.4. The van der Waals surface area contributed by atoms with Crippen molar-refractivity contribution in [2.24, 2.45) is 16.7 Å². The molecule has 10 rings (SSSR count). The van der Waals surface area contributed by atoms with E-state index in [4.69, 9.17) is 14.2 Å². The first-order valence-corrected chi connectivity index (χ1v) is 26.8. The zero-order valence-corrected chi connectivity index (χ0v) is 42.1. The van der Waals surface area contributed by atoms with Crippen LogP contribution in [0.5, 0.6) is 23.1 Å². The lowest BCUT2D eigenvalue weighted by Gasteiger charge is -2.56. The molecular weight excluding hydrogens is 907 g/mol. The summed E-state index contributed by atoms with van der Waals surface area (Å²) in [5.74, 6) is 0.357. The first-order chi connectivity index (χ1) is 33.4. The van der Waals surface area contributed by atoms with Crippen molar-refractivity contribution in [3.8, 4) is 23.1 Å². The van der Waals surface area contributed by atoms with Crippen molar-refractivity contribution in [1.82, 2.24) is 19.6 Å². The van der Waals surface area contributed by atoms with Crippen LogP contribution in [-0.4, -0.2) is 78.5 Å². The number of ether oxygens (including phenoxy) is 3. The number of sulfonamides is 1. The Bertz CT molecular complexity index is 2890. The summed E-state index contributed by atoms with van der Waals surface area (Å²) in [6.45, 7) is 15.8. The second-order valence-corrected chi connectivity index (χ2v) is 23.6. The van der Waals surface area contributed by atoms with Crippen molar-refractivity contribution < 1.29 is 32.3 Å². The lowest BCUT2D eigenvalue weighted by molar-refractivity contribution is -0.384. The quantitative estimate of drug-likeness (QED) is 0.0751. The van der Waals surface area contributed by atoms with Crippen LogP contribution in [0, 0.1) is 26.9 Å². The molecule has 372 valence electrons. The van der Waals surface area contributed by atoms with Gasteiger partial charge in [0.2, 0.25) is 0 Å². The summed E-state index contributed by atoms with van der Waals surface area (Å²) < 4.78 is 49.2. The number of nitro groups is 1. The number of carbonyl (C=O) groups is 1. The molecule has 5 heterocycles. The normalized spacial score (nSPS) is 21.6. The third-order valence-corrected chi connectivity index (χ3v) is 17.3. The van der Waals surface area contributed by atoms with Gasteiger partial charge in [-0.1, -0.05) is 52.0 Å². The maximum atomic E-state index is 14.4. The second-order valence-electron chi connectivity index (χ2n) is 22.0. The van der Waals surface area contributed by atoms with E-state index in [1.54, 1.807) is 24.4 Å². The van der Waals surface area contributed by atoms with Gasteiger partial charge in [0, 0.05) is 60.6 Å². The number of fused-ring (bicyclic) bond motifs is 2. The number of nitrogens with one attached hydrogen (secondary N) is 3. The molecule has 2 saturated carbocycles. The first-order valence-electron chi connectivity index (χ1n) is 25.3. The predicted molar refractivity (Wildman–Crippen MR) is 271 cm³/mol. The van der Waals surface area contributed by atoms with Gasteiger partial charge >= 0.3 is 0 Å². The number of likely N-dealkylation sites (tertiary alicyclic amines) is 1. The molecule has 2 aromatic heterocycles. The number of carbonyl (C=O) groups excluding carboxylic acids is 1. The molecule has 0 unspecified atom stereocenters. The molecule has 1 amide bonds. The number of aromatic amines is 1. The van der Waals surface area contributed by atoms with Gasteiger partial charge in [-0.05, 0) is 143 Å². The van der Waals surface area contributed by atoms with E-state index in [0.717, 1.165) is 75.3 Å². The van der Waals surface area contributed by atoms with Crippen LogP contribution >= 0.6 is 0 Å². The van der Waals surface area contributed by atoms with Gasteiger partial charge in [-0.15, -0.1) is 0 Å². The Kier molecular flexibility index (Phi) is 12.8. The molecule has 2 aliphatic carbocycles. The van der Waals surface area contributed by atoms with Crippen molar-refractivity contribution in [3.63, 3.8) is 0 Å². The van der Waals surface area contributed by atoms with Gasteiger partial charge in [0.15, 0.2) is 17.2 Å². The van der Waals surface area contributed by atoms with Gasteiger partial charge in [0.05, 0.1) is 27.5 Å². The molecule has 3 N–H and O–H groups in total. The van der Waals surface area contributed by atoms with Crippen LogP contribution in [0.3, 0.4) is 0 Å². The molecule has 5 aliphatic rings. The average molecular weight is 974 g/mol. The number of piperidine rings is 1. The largest absolute Gasteiger partial charge is 0.489 e. The minimum atomic E-state index is -4.68. The summed E-state index contributed by atoms with van der Waals surface area (Å²) >= 11 is 0. The first kappa shape index (κ1) is 47.8. The van der Waals surface area contributed by atoms with E-state index in [2.05, 4.69) is 81.8 Å². The number of pyridine rings is 1. The molecule has 15 nitrogen and oxygen atoms in total. The monoisotopic (exact) mass is 973 g/mol. The minimum absolute atomic E-state index is 0.0431. The molecule has 4 fully saturated rings. The summed E-state index contributed by atoms with van der Waals surface area (Å²) in [4.78, 5) is 38.6. The Balaban J connectivity index is 0.888. The SMILES string of the molecule is CC(C)Oc1nc2[nH]ccc2cc1Oc1cc(N2CCC3(CC2)CC(N2CCC[C@@H]2c2ccccc2C(C)C)C3)ccc1C(=O)NS(=O)(=O)c1cc2c(c([N+](=O)[O-])c1)N[C@@H](C1CCC(C)(C)CC1)CO2. The van der Waals surface area contributed by atoms with Crippen LogP contribution in [0.1, 0.15) is 139 Å². The Hall–Kier alpha value is -5.87. The number of nitrogens with zero attached hydrogens (tertiary/aromatic N) is 4. The summed E-state index contributed by atoms with van der Waals surface area (Å²) in [5.41, 5.74) is 4.53. The molecule has 3 aromatic carbocycles. The molecule has 1 spiro atoms. The number of rotatable bonds is 13. The highest BCUT2D eigenvalue weighted by molar-refractivity contribution is 7.90. The van der Waals surface area contributed by atoms with E-state index in [1.807, 2.05) is 26.0 Å². The fraction of sp³-hybridized carbons (Fsp3) is 0.519. The van der Waals surface area contributed by atoms with Gasteiger partial charge in [0.25, 0.3) is 27.5 Å². The van der Waals surface area contributed by atoms with Crippen LogP contribution in [0.4, 0.5) is 17.1 Å².